The van der Waals surface area contributed by atoms with Crippen LogP contribution in [0.1, 0.15) is 10.1 Å². The van der Waals surface area contributed by atoms with Gasteiger partial charge in [0.25, 0.3) is 5.91 Å². The lowest BCUT2D eigenvalue weighted by molar-refractivity contribution is -0.123. The van der Waals surface area contributed by atoms with Gasteiger partial charge in [0.15, 0.2) is 16.4 Å². The minimum Gasteiger partial charge on any atom is -0.484 e. The zero-order chi connectivity index (χ0) is 20.0. The van der Waals surface area contributed by atoms with E-state index in [1.807, 2.05) is 6.07 Å². The standard InChI is InChI=1S/C20H18ClNO4S2/c21-15-8-10-17(11-9-15)28(24,25)19(18-7-4-12-27-18)13-22-20(23)14-26-16-5-2-1-3-6-16/h1-12,19H,13-14H2,(H,22,23)/t19-/m0/s1. The van der Waals surface area contributed by atoms with Crippen molar-refractivity contribution in [2.45, 2.75) is 10.1 Å². The molecule has 8 heteroatoms. The van der Waals surface area contributed by atoms with Gasteiger partial charge in [-0.25, -0.2) is 8.42 Å². The van der Waals surface area contributed by atoms with Crippen LogP contribution in [0.4, 0.5) is 0 Å². The Balaban J connectivity index is 1.71. The summed E-state index contributed by atoms with van der Waals surface area (Å²) in [6.07, 6.45) is 0. The first kappa shape index (κ1) is 20.4. The van der Waals surface area contributed by atoms with Gasteiger partial charge in [-0.3, -0.25) is 4.79 Å². The number of hydrogen-bond donors (Lipinski definition) is 1. The Hall–Kier alpha value is -2.35. The molecule has 3 aromatic rings. The molecule has 28 heavy (non-hydrogen) atoms. The number of rotatable bonds is 8. The fourth-order valence-electron chi connectivity index (χ4n) is 2.55. The van der Waals surface area contributed by atoms with Crippen molar-refractivity contribution in [3.63, 3.8) is 0 Å². The summed E-state index contributed by atoms with van der Waals surface area (Å²) in [5.41, 5.74) is 0. The SMILES string of the molecule is O=C(COc1ccccc1)NC[C@@H](c1cccs1)S(=O)(=O)c1ccc(Cl)cc1. The minimum atomic E-state index is -3.71. The molecule has 3 rings (SSSR count). The van der Waals surface area contributed by atoms with Crippen LogP contribution in [0.5, 0.6) is 5.75 Å². The Morgan fingerprint density at radius 2 is 1.75 bits per heavy atom. The number of benzene rings is 2. The van der Waals surface area contributed by atoms with Crippen molar-refractivity contribution in [3.05, 3.63) is 82.0 Å². The lowest BCUT2D eigenvalue weighted by Crippen LogP contribution is -2.34. The molecule has 146 valence electrons. The maximum Gasteiger partial charge on any atom is 0.257 e. The number of thiophene rings is 1. The quantitative estimate of drug-likeness (QED) is 0.577. The summed E-state index contributed by atoms with van der Waals surface area (Å²) in [6.45, 7) is -0.245. The molecular formula is C20H18ClNO4S2. The average Bonchev–Trinajstić information content (AvgIpc) is 3.22. The summed E-state index contributed by atoms with van der Waals surface area (Å²) >= 11 is 7.20. The van der Waals surface area contributed by atoms with Crippen LogP contribution in [-0.2, 0) is 14.6 Å². The molecule has 0 aliphatic rings. The molecule has 0 aliphatic heterocycles. The predicted octanol–water partition coefficient (Wildman–Crippen LogP) is 4.11. The van der Waals surface area contributed by atoms with Crippen molar-refractivity contribution < 1.29 is 17.9 Å². The van der Waals surface area contributed by atoms with Crippen molar-refractivity contribution in [2.75, 3.05) is 13.2 Å². The Labute approximate surface area is 172 Å². The first-order chi connectivity index (χ1) is 13.5. The lowest BCUT2D eigenvalue weighted by Gasteiger charge is -2.17. The van der Waals surface area contributed by atoms with Crippen molar-refractivity contribution >= 4 is 38.7 Å². The first-order valence-electron chi connectivity index (χ1n) is 8.44. The van der Waals surface area contributed by atoms with E-state index in [9.17, 15) is 13.2 Å². The third-order valence-electron chi connectivity index (χ3n) is 3.98. The van der Waals surface area contributed by atoms with E-state index in [2.05, 4.69) is 5.32 Å². The van der Waals surface area contributed by atoms with E-state index < -0.39 is 21.0 Å². The highest BCUT2D eigenvalue weighted by Crippen LogP contribution is 2.31. The van der Waals surface area contributed by atoms with Crippen LogP contribution in [0, 0.1) is 0 Å². The summed E-state index contributed by atoms with van der Waals surface area (Å²) in [5, 5.41) is 4.03. The molecule has 2 aromatic carbocycles. The van der Waals surface area contributed by atoms with Crippen molar-refractivity contribution in [3.8, 4) is 5.75 Å². The highest BCUT2D eigenvalue weighted by Gasteiger charge is 2.30. The van der Waals surface area contributed by atoms with Crippen LogP contribution in [0.15, 0.2) is 77.0 Å². The van der Waals surface area contributed by atoms with Crippen LogP contribution in [0.2, 0.25) is 5.02 Å². The molecular weight excluding hydrogens is 418 g/mol. The second-order valence-electron chi connectivity index (χ2n) is 5.91. The molecule has 1 amide bonds. The Bertz CT molecular complexity index is 1000. The maximum absolute atomic E-state index is 13.1. The highest BCUT2D eigenvalue weighted by atomic mass is 35.5. The van der Waals surface area contributed by atoms with Gasteiger partial charge in [-0.1, -0.05) is 35.9 Å². The molecule has 0 saturated carbocycles. The number of amides is 1. The van der Waals surface area contributed by atoms with Crippen LogP contribution >= 0.6 is 22.9 Å². The number of para-hydroxylation sites is 1. The van der Waals surface area contributed by atoms with Crippen molar-refractivity contribution in [1.29, 1.82) is 0 Å². The average molecular weight is 436 g/mol. The van der Waals surface area contributed by atoms with Crippen molar-refractivity contribution in [1.82, 2.24) is 5.32 Å². The van der Waals surface area contributed by atoms with Gasteiger partial charge in [-0.15, -0.1) is 11.3 Å². The molecule has 1 atom stereocenters. The predicted molar refractivity (Wildman–Crippen MR) is 111 cm³/mol. The van der Waals surface area contributed by atoms with Gasteiger partial charge < -0.3 is 10.1 Å². The smallest absolute Gasteiger partial charge is 0.257 e. The van der Waals surface area contributed by atoms with Gasteiger partial charge in [-0.05, 0) is 47.8 Å². The topological polar surface area (TPSA) is 72.5 Å². The normalized spacial score (nSPS) is 12.3. The monoisotopic (exact) mass is 435 g/mol. The van der Waals surface area contributed by atoms with Gasteiger partial charge in [0.2, 0.25) is 0 Å². The molecule has 1 heterocycles. The van der Waals surface area contributed by atoms with Gasteiger partial charge in [0.1, 0.15) is 11.0 Å². The number of carbonyl (C=O) groups excluding carboxylic acids is 1. The molecule has 0 aliphatic carbocycles. The second kappa shape index (κ2) is 9.23. The summed E-state index contributed by atoms with van der Waals surface area (Å²) in [6, 6.07) is 18.5. The van der Waals surface area contributed by atoms with Crippen LogP contribution in [-0.4, -0.2) is 27.5 Å². The zero-order valence-electron chi connectivity index (χ0n) is 14.7. The third kappa shape index (κ3) is 5.13. The minimum absolute atomic E-state index is 0.0531. The van der Waals surface area contributed by atoms with Crippen LogP contribution < -0.4 is 10.1 Å². The fourth-order valence-corrected chi connectivity index (χ4v) is 5.46. The molecule has 5 nitrogen and oxygen atoms in total. The second-order valence-corrected chi connectivity index (χ2v) is 9.45. The Morgan fingerprint density at radius 1 is 1.04 bits per heavy atom. The molecule has 0 radical (unpaired) electrons. The number of hydrogen-bond acceptors (Lipinski definition) is 5. The van der Waals surface area contributed by atoms with E-state index in [1.165, 1.54) is 35.6 Å². The molecule has 0 bridgehead atoms. The molecule has 0 saturated heterocycles. The molecule has 0 unspecified atom stereocenters. The third-order valence-corrected chi connectivity index (χ3v) is 7.46. The van der Waals surface area contributed by atoms with Crippen LogP contribution in [0.3, 0.4) is 0 Å². The number of carbonyl (C=O) groups is 1. The van der Waals surface area contributed by atoms with E-state index in [0.29, 0.717) is 15.6 Å². The first-order valence-corrected chi connectivity index (χ1v) is 11.2. The zero-order valence-corrected chi connectivity index (χ0v) is 17.1. The fraction of sp³-hybridized carbons (Fsp3) is 0.150. The van der Waals surface area contributed by atoms with E-state index in [4.69, 9.17) is 16.3 Å². The number of ether oxygens (including phenoxy) is 1. The molecule has 0 spiro atoms. The Kier molecular flexibility index (Phi) is 6.72. The summed E-state index contributed by atoms with van der Waals surface area (Å²) in [7, 11) is -3.71. The van der Waals surface area contributed by atoms with E-state index >= 15 is 0 Å². The van der Waals surface area contributed by atoms with Gasteiger partial charge in [0.05, 0.1) is 4.90 Å². The van der Waals surface area contributed by atoms with Gasteiger partial charge >= 0.3 is 0 Å². The van der Waals surface area contributed by atoms with E-state index in [1.54, 1.807) is 41.8 Å². The van der Waals surface area contributed by atoms with Gasteiger partial charge in [-0.2, -0.15) is 0 Å². The number of nitrogens with one attached hydrogen (secondary N) is 1. The van der Waals surface area contributed by atoms with Crippen molar-refractivity contribution in [2.24, 2.45) is 0 Å². The number of halogens is 1. The highest BCUT2D eigenvalue weighted by molar-refractivity contribution is 7.91. The maximum atomic E-state index is 13.1. The van der Waals surface area contributed by atoms with E-state index in [0.717, 1.165) is 0 Å². The van der Waals surface area contributed by atoms with Crippen LogP contribution in [0.25, 0.3) is 0 Å². The Morgan fingerprint density at radius 3 is 2.39 bits per heavy atom. The molecule has 0 fully saturated rings. The molecule has 1 aromatic heterocycles. The summed E-state index contributed by atoms with van der Waals surface area (Å²) in [5.74, 6) is 0.179. The summed E-state index contributed by atoms with van der Waals surface area (Å²) < 4.78 is 31.6. The lowest BCUT2D eigenvalue weighted by atomic mass is 10.3. The largest absolute Gasteiger partial charge is 0.484 e. The molecule has 1 N–H and O–H groups in total. The van der Waals surface area contributed by atoms with E-state index in [-0.39, 0.29) is 18.0 Å². The van der Waals surface area contributed by atoms with Gasteiger partial charge in [0, 0.05) is 16.4 Å². The summed E-state index contributed by atoms with van der Waals surface area (Å²) in [4.78, 5) is 13.0. The number of sulfone groups is 1.